The number of piperidine rings is 2. The molecule has 2 aliphatic heterocycles. The SMILES string of the molecule is CCC(N(C(C)=O)C1CC(C)(C)NC(C)(C)C1)N(C(C)=O)C1CC(C)(C)NC(C)(C)C1. The van der Waals surface area contributed by atoms with Crippen LogP contribution in [0.4, 0.5) is 0 Å². The van der Waals surface area contributed by atoms with Crippen molar-refractivity contribution in [1.29, 1.82) is 0 Å². The number of amides is 2. The first-order valence-electron chi connectivity index (χ1n) is 12.1. The van der Waals surface area contributed by atoms with Gasteiger partial charge in [-0.25, -0.2) is 0 Å². The molecule has 2 N–H and O–H groups in total. The number of nitrogens with one attached hydrogen (secondary N) is 2. The van der Waals surface area contributed by atoms with Crippen LogP contribution >= 0.6 is 0 Å². The normalized spacial score (nSPS) is 25.3. The van der Waals surface area contributed by atoms with Crippen molar-refractivity contribution in [2.75, 3.05) is 0 Å². The van der Waals surface area contributed by atoms with E-state index >= 15 is 0 Å². The Balaban J connectivity index is 2.45. The van der Waals surface area contributed by atoms with Crippen LogP contribution in [-0.2, 0) is 9.59 Å². The first-order valence-corrected chi connectivity index (χ1v) is 12.1. The van der Waals surface area contributed by atoms with E-state index in [9.17, 15) is 9.59 Å². The third kappa shape index (κ3) is 6.44. The Morgan fingerprint density at radius 3 is 1.16 bits per heavy atom. The summed E-state index contributed by atoms with van der Waals surface area (Å²) in [6.45, 7) is 23.1. The quantitative estimate of drug-likeness (QED) is 0.639. The Hall–Kier alpha value is -1.14. The van der Waals surface area contributed by atoms with Crippen LogP contribution < -0.4 is 10.6 Å². The molecule has 2 aliphatic rings. The Kier molecular flexibility index (Phi) is 7.30. The molecule has 0 radical (unpaired) electrons. The maximum atomic E-state index is 13.1. The molecule has 180 valence electrons. The minimum Gasteiger partial charge on any atom is -0.319 e. The Labute approximate surface area is 190 Å². The number of carbonyl (C=O) groups is 2. The van der Waals surface area contributed by atoms with Crippen LogP contribution in [0.5, 0.6) is 0 Å². The van der Waals surface area contributed by atoms with Gasteiger partial charge in [-0.05, 0) is 87.5 Å². The first-order chi connectivity index (χ1) is 13.9. The Bertz CT molecular complexity index is 595. The highest BCUT2D eigenvalue weighted by Crippen LogP contribution is 2.37. The summed E-state index contributed by atoms with van der Waals surface area (Å²) in [5, 5.41) is 7.45. The largest absolute Gasteiger partial charge is 0.319 e. The van der Waals surface area contributed by atoms with Gasteiger partial charge in [-0.2, -0.15) is 0 Å². The minimum atomic E-state index is -0.223. The number of carbonyl (C=O) groups excluding carboxylic acids is 2. The van der Waals surface area contributed by atoms with E-state index < -0.39 is 0 Å². The second-order valence-corrected chi connectivity index (χ2v) is 12.7. The fourth-order valence-electron chi connectivity index (χ4n) is 6.88. The van der Waals surface area contributed by atoms with Crippen LogP contribution in [0.1, 0.15) is 108 Å². The number of hydrogen-bond acceptors (Lipinski definition) is 4. The van der Waals surface area contributed by atoms with Crippen molar-refractivity contribution < 1.29 is 9.59 Å². The zero-order valence-corrected chi connectivity index (χ0v) is 22.0. The van der Waals surface area contributed by atoms with E-state index in [2.05, 4.69) is 72.9 Å². The zero-order valence-electron chi connectivity index (χ0n) is 22.0. The second-order valence-electron chi connectivity index (χ2n) is 12.7. The first kappa shape index (κ1) is 26.1. The molecule has 2 rings (SSSR count). The number of hydrogen-bond donors (Lipinski definition) is 2. The molecule has 0 aromatic heterocycles. The maximum absolute atomic E-state index is 13.1. The lowest BCUT2D eigenvalue weighted by molar-refractivity contribution is -0.154. The molecule has 2 amide bonds. The maximum Gasteiger partial charge on any atom is 0.221 e. The Morgan fingerprint density at radius 2 is 0.968 bits per heavy atom. The number of rotatable bonds is 5. The molecule has 0 atom stereocenters. The Morgan fingerprint density at radius 1 is 0.710 bits per heavy atom. The topological polar surface area (TPSA) is 64.7 Å². The van der Waals surface area contributed by atoms with Gasteiger partial charge in [0.05, 0.1) is 0 Å². The molecule has 2 heterocycles. The summed E-state index contributed by atoms with van der Waals surface area (Å²) in [7, 11) is 0. The van der Waals surface area contributed by atoms with Crippen molar-refractivity contribution in [1.82, 2.24) is 20.4 Å². The summed E-state index contributed by atoms with van der Waals surface area (Å²) in [5.41, 5.74) is -0.285. The van der Waals surface area contributed by atoms with Crippen LogP contribution in [-0.4, -0.2) is 62.0 Å². The van der Waals surface area contributed by atoms with Gasteiger partial charge in [0.15, 0.2) is 0 Å². The van der Waals surface area contributed by atoms with E-state index in [-0.39, 0.29) is 52.2 Å². The monoisotopic (exact) mass is 436 g/mol. The van der Waals surface area contributed by atoms with E-state index in [1.807, 2.05) is 9.80 Å². The van der Waals surface area contributed by atoms with E-state index in [1.165, 1.54) is 0 Å². The predicted octanol–water partition coefficient (Wildman–Crippen LogP) is 4.04. The second kappa shape index (κ2) is 8.66. The van der Waals surface area contributed by atoms with Crippen LogP contribution in [0.25, 0.3) is 0 Å². The molecule has 0 unspecified atom stereocenters. The summed E-state index contributed by atoms with van der Waals surface area (Å²) >= 11 is 0. The van der Waals surface area contributed by atoms with E-state index in [1.54, 1.807) is 13.8 Å². The number of nitrogens with zero attached hydrogens (tertiary/aromatic N) is 2. The smallest absolute Gasteiger partial charge is 0.221 e. The van der Waals surface area contributed by atoms with Crippen molar-refractivity contribution in [3.05, 3.63) is 0 Å². The minimum absolute atomic E-state index is 0.0593. The molecular formula is C25H48N4O2. The molecule has 0 saturated carbocycles. The van der Waals surface area contributed by atoms with Gasteiger partial charge in [0.25, 0.3) is 0 Å². The lowest BCUT2D eigenvalue weighted by Crippen LogP contribution is -2.68. The van der Waals surface area contributed by atoms with Crippen molar-refractivity contribution in [2.45, 2.75) is 149 Å². The lowest BCUT2D eigenvalue weighted by atomic mass is 9.77. The standard InChI is InChI=1S/C25H48N4O2/c1-12-21(28(17(2)30)19-13-22(4,5)26-23(6,7)14-19)29(18(3)31)20-15-24(8,9)27-25(10,11)16-20/h19-21,26-27H,12-16H2,1-11H3. The summed E-state index contributed by atoms with van der Waals surface area (Å²) in [6, 6.07) is 0.191. The molecule has 2 saturated heterocycles. The van der Waals surface area contributed by atoms with Crippen LogP contribution in [0.2, 0.25) is 0 Å². The molecule has 31 heavy (non-hydrogen) atoms. The van der Waals surface area contributed by atoms with Gasteiger partial charge >= 0.3 is 0 Å². The van der Waals surface area contributed by atoms with Gasteiger partial charge in [-0.3, -0.25) is 9.59 Å². The van der Waals surface area contributed by atoms with Crippen LogP contribution in [0.3, 0.4) is 0 Å². The van der Waals surface area contributed by atoms with Crippen LogP contribution in [0, 0.1) is 0 Å². The predicted molar refractivity (Wildman–Crippen MR) is 128 cm³/mol. The fourth-order valence-corrected chi connectivity index (χ4v) is 6.88. The van der Waals surface area contributed by atoms with Crippen molar-refractivity contribution >= 4 is 11.8 Å². The van der Waals surface area contributed by atoms with Gasteiger partial charge in [-0.1, -0.05) is 6.92 Å². The highest BCUT2D eigenvalue weighted by molar-refractivity contribution is 5.77. The summed E-state index contributed by atoms with van der Waals surface area (Å²) < 4.78 is 0. The van der Waals surface area contributed by atoms with Crippen molar-refractivity contribution in [3.8, 4) is 0 Å². The van der Waals surface area contributed by atoms with Gasteiger partial charge in [-0.15, -0.1) is 0 Å². The lowest BCUT2D eigenvalue weighted by Gasteiger charge is -2.55. The average Bonchev–Trinajstić information content (AvgIpc) is 2.47. The molecular weight excluding hydrogens is 388 g/mol. The van der Waals surface area contributed by atoms with Gasteiger partial charge in [0.1, 0.15) is 6.17 Å². The molecule has 0 aromatic carbocycles. The molecule has 6 heteroatoms. The van der Waals surface area contributed by atoms with E-state index in [4.69, 9.17) is 0 Å². The fraction of sp³-hybridized carbons (Fsp3) is 0.920. The zero-order chi connectivity index (χ0) is 24.0. The van der Waals surface area contributed by atoms with Crippen LogP contribution in [0.15, 0.2) is 0 Å². The molecule has 6 nitrogen and oxygen atoms in total. The highest BCUT2D eigenvalue weighted by Gasteiger charge is 2.47. The summed E-state index contributed by atoms with van der Waals surface area (Å²) in [5.74, 6) is 0.119. The summed E-state index contributed by atoms with van der Waals surface area (Å²) in [6.07, 6.45) is 4.01. The highest BCUT2D eigenvalue weighted by atomic mass is 16.2. The third-order valence-electron chi connectivity index (χ3n) is 6.86. The van der Waals surface area contributed by atoms with Crippen molar-refractivity contribution in [2.24, 2.45) is 0 Å². The third-order valence-corrected chi connectivity index (χ3v) is 6.86. The van der Waals surface area contributed by atoms with Crippen molar-refractivity contribution in [3.63, 3.8) is 0 Å². The summed E-state index contributed by atoms with van der Waals surface area (Å²) in [4.78, 5) is 30.2. The average molecular weight is 437 g/mol. The van der Waals surface area contributed by atoms with Gasteiger partial charge in [0.2, 0.25) is 11.8 Å². The van der Waals surface area contributed by atoms with Gasteiger partial charge in [0, 0.05) is 48.1 Å². The van der Waals surface area contributed by atoms with Gasteiger partial charge < -0.3 is 20.4 Å². The molecule has 0 bridgehead atoms. The van der Waals surface area contributed by atoms with E-state index in [0.717, 1.165) is 32.1 Å². The molecule has 0 aromatic rings. The molecule has 2 fully saturated rings. The molecule has 0 aliphatic carbocycles. The molecule has 0 spiro atoms. The van der Waals surface area contributed by atoms with E-state index in [0.29, 0.717) is 0 Å².